The fraction of sp³-hybridized carbons (Fsp3) is 0.286. The zero-order chi connectivity index (χ0) is 13.2. The average molecular weight is 258 g/mol. The zero-order valence-electron chi connectivity index (χ0n) is 10.6. The van der Waals surface area contributed by atoms with E-state index in [-0.39, 0.29) is 12.4 Å². The molecule has 2 heterocycles. The highest BCUT2D eigenvalue weighted by Crippen LogP contribution is 2.35. The quantitative estimate of drug-likeness (QED) is 0.845. The molecular formula is C14H14N2O3. The van der Waals surface area contributed by atoms with Crippen molar-refractivity contribution in [2.24, 2.45) is 0 Å². The van der Waals surface area contributed by atoms with E-state index in [9.17, 15) is 4.79 Å². The van der Waals surface area contributed by atoms with Crippen LogP contribution in [0.5, 0.6) is 11.5 Å². The summed E-state index contributed by atoms with van der Waals surface area (Å²) in [5.74, 6) is 1.46. The van der Waals surface area contributed by atoms with Gasteiger partial charge in [-0.3, -0.25) is 4.79 Å². The summed E-state index contributed by atoms with van der Waals surface area (Å²) in [4.78, 5) is 11.6. The second-order valence-corrected chi connectivity index (χ2v) is 4.35. The molecule has 0 spiro atoms. The minimum Gasteiger partial charge on any atom is -0.454 e. The van der Waals surface area contributed by atoms with Crippen molar-refractivity contribution >= 4 is 0 Å². The van der Waals surface area contributed by atoms with E-state index >= 15 is 0 Å². The molecule has 5 heteroatoms. The van der Waals surface area contributed by atoms with Crippen LogP contribution in [0.3, 0.4) is 0 Å². The molecule has 1 aromatic heterocycles. The number of hydrogen-bond acceptors (Lipinski definition) is 4. The lowest BCUT2D eigenvalue weighted by Gasteiger charge is -2.06. The summed E-state index contributed by atoms with van der Waals surface area (Å²) in [7, 11) is 0. The summed E-state index contributed by atoms with van der Waals surface area (Å²) in [6.45, 7) is 2.89. The van der Waals surface area contributed by atoms with Crippen molar-refractivity contribution in [3.8, 4) is 22.8 Å². The average Bonchev–Trinajstić information content (AvgIpc) is 2.89. The molecule has 0 N–H and O–H groups in total. The molecule has 19 heavy (non-hydrogen) atoms. The minimum absolute atomic E-state index is 0.0775. The summed E-state index contributed by atoms with van der Waals surface area (Å²) < 4.78 is 12.1. The van der Waals surface area contributed by atoms with E-state index < -0.39 is 0 Å². The maximum Gasteiger partial charge on any atom is 0.266 e. The third-order valence-electron chi connectivity index (χ3n) is 2.97. The van der Waals surface area contributed by atoms with Crippen molar-refractivity contribution in [3.63, 3.8) is 0 Å². The van der Waals surface area contributed by atoms with Crippen LogP contribution in [0, 0.1) is 0 Å². The van der Waals surface area contributed by atoms with Crippen LogP contribution in [0.4, 0.5) is 0 Å². The molecule has 0 unspecified atom stereocenters. The molecule has 3 rings (SSSR count). The molecule has 1 aliphatic rings. The zero-order valence-corrected chi connectivity index (χ0v) is 10.6. The lowest BCUT2D eigenvalue weighted by atomic mass is 10.1. The molecule has 0 bridgehead atoms. The summed E-state index contributed by atoms with van der Waals surface area (Å²) in [6.07, 6.45) is 0.873. The molecule has 1 aromatic carbocycles. The standard InChI is InChI=1S/C14H14N2O3/c1-2-7-16-14(17)6-4-11(15-16)10-3-5-12-13(8-10)19-9-18-12/h3-6,8H,2,7,9H2,1H3. The predicted octanol–water partition coefficient (Wildman–Crippen LogP) is 2.05. The number of aromatic nitrogens is 2. The van der Waals surface area contributed by atoms with Gasteiger partial charge in [-0.25, -0.2) is 4.68 Å². The molecule has 0 atom stereocenters. The van der Waals surface area contributed by atoms with Crippen LogP contribution in [0.25, 0.3) is 11.3 Å². The Morgan fingerprint density at radius 3 is 2.89 bits per heavy atom. The van der Waals surface area contributed by atoms with Gasteiger partial charge < -0.3 is 9.47 Å². The molecule has 0 aliphatic carbocycles. The molecule has 0 saturated carbocycles. The largest absolute Gasteiger partial charge is 0.454 e. The van der Waals surface area contributed by atoms with E-state index in [2.05, 4.69) is 5.10 Å². The van der Waals surface area contributed by atoms with Gasteiger partial charge in [-0.05, 0) is 30.7 Å². The van der Waals surface area contributed by atoms with Crippen LogP contribution in [0.1, 0.15) is 13.3 Å². The Balaban J connectivity index is 2.02. The summed E-state index contributed by atoms with van der Waals surface area (Å²) in [5, 5.41) is 4.37. The first-order chi connectivity index (χ1) is 9.28. The van der Waals surface area contributed by atoms with Gasteiger partial charge in [-0.1, -0.05) is 6.92 Å². The van der Waals surface area contributed by atoms with Gasteiger partial charge in [0.25, 0.3) is 5.56 Å². The molecule has 0 amide bonds. The highest BCUT2D eigenvalue weighted by atomic mass is 16.7. The van der Waals surface area contributed by atoms with E-state index in [0.29, 0.717) is 12.3 Å². The highest BCUT2D eigenvalue weighted by molar-refractivity contribution is 5.63. The van der Waals surface area contributed by atoms with E-state index in [1.165, 1.54) is 4.68 Å². The molecule has 0 radical (unpaired) electrons. The number of aryl methyl sites for hydroxylation is 1. The van der Waals surface area contributed by atoms with Crippen LogP contribution >= 0.6 is 0 Å². The Morgan fingerprint density at radius 2 is 2.05 bits per heavy atom. The molecular weight excluding hydrogens is 244 g/mol. The number of fused-ring (bicyclic) bond motifs is 1. The van der Waals surface area contributed by atoms with Gasteiger partial charge >= 0.3 is 0 Å². The van der Waals surface area contributed by atoms with Crippen molar-refractivity contribution in [3.05, 3.63) is 40.7 Å². The molecule has 5 nitrogen and oxygen atoms in total. The van der Waals surface area contributed by atoms with Crippen molar-refractivity contribution in [2.75, 3.05) is 6.79 Å². The first kappa shape index (κ1) is 11.8. The monoisotopic (exact) mass is 258 g/mol. The molecule has 2 aromatic rings. The van der Waals surface area contributed by atoms with Gasteiger partial charge in [0.1, 0.15) is 0 Å². The Morgan fingerprint density at radius 1 is 1.21 bits per heavy atom. The third kappa shape index (κ3) is 2.19. The van der Waals surface area contributed by atoms with Crippen LogP contribution in [-0.4, -0.2) is 16.6 Å². The predicted molar refractivity (Wildman–Crippen MR) is 70.3 cm³/mol. The fourth-order valence-electron chi connectivity index (χ4n) is 2.03. The SMILES string of the molecule is CCCn1nc(-c2ccc3c(c2)OCO3)ccc1=O. The molecule has 0 fully saturated rings. The smallest absolute Gasteiger partial charge is 0.266 e. The number of nitrogens with zero attached hydrogens (tertiary/aromatic N) is 2. The summed E-state index contributed by atoms with van der Waals surface area (Å²) in [5.41, 5.74) is 1.59. The van der Waals surface area contributed by atoms with Gasteiger partial charge in [-0.2, -0.15) is 5.10 Å². The lowest BCUT2D eigenvalue weighted by molar-refractivity contribution is 0.174. The fourth-order valence-corrected chi connectivity index (χ4v) is 2.03. The first-order valence-electron chi connectivity index (χ1n) is 6.26. The van der Waals surface area contributed by atoms with Crippen molar-refractivity contribution in [2.45, 2.75) is 19.9 Å². The Labute approximate surface area is 110 Å². The van der Waals surface area contributed by atoms with Gasteiger partial charge in [-0.15, -0.1) is 0 Å². The number of ether oxygens (including phenoxy) is 2. The number of benzene rings is 1. The Kier molecular flexibility index (Phi) is 2.95. The Bertz CT molecular complexity index is 664. The van der Waals surface area contributed by atoms with Crippen molar-refractivity contribution in [1.29, 1.82) is 0 Å². The Hall–Kier alpha value is -2.30. The van der Waals surface area contributed by atoms with E-state index in [4.69, 9.17) is 9.47 Å². The van der Waals surface area contributed by atoms with Gasteiger partial charge in [0.2, 0.25) is 6.79 Å². The van der Waals surface area contributed by atoms with Crippen molar-refractivity contribution in [1.82, 2.24) is 9.78 Å². The van der Waals surface area contributed by atoms with Gasteiger partial charge in [0, 0.05) is 18.2 Å². The number of hydrogen-bond donors (Lipinski definition) is 0. The van der Waals surface area contributed by atoms with E-state index in [0.717, 1.165) is 23.4 Å². The maximum absolute atomic E-state index is 11.6. The van der Waals surface area contributed by atoms with Gasteiger partial charge in [0.05, 0.1) is 5.69 Å². The normalized spacial score (nSPS) is 12.7. The van der Waals surface area contributed by atoms with E-state index in [1.54, 1.807) is 12.1 Å². The second kappa shape index (κ2) is 4.76. The first-order valence-corrected chi connectivity index (χ1v) is 6.26. The van der Waals surface area contributed by atoms with E-state index in [1.807, 2.05) is 25.1 Å². The van der Waals surface area contributed by atoms with Gasteiger partial charge in [0.15, 0.2) is 11.5 Å². The molecule has 0 saturated heterocycles. The second-order valence-electron chi connectivity index (χ2n) is 4.35. The van der Waals surface area contributed by atoms with Crippen molar-refractivity contribution < 1.29 is 9.47 Å². The molecule has 98 valence electrons. The lowest BCUT2D eigenvalue weighted by Crippen LogP contribution is -2.21. The molecule has 1 aliphatic heterocycles. The maximum atomic E-state index is 11.6. The third-order valence-corrected chi connectivity index (χ3v) is 2.97. The van der Waals surface area contributed by atoms with Crippen LogP contribution in [0.15, 0.2) is 35.1 Å². The summed E-state index contributed by atoms with van der Waals surface area (Å²) >= 11 is 0. The van der Waals surface area contributed by atoms with Crippen LogP contribution in [-0.2, 0) is 6.54 Å². The van der Waals surface area contributed by atoms with Crippen LogP contribution < -0.4 is 15.0 Å². The summed E-state index contributed by atoms with van der Waals surface area (Å²) in [6, 6.07) is 8.92. The highest BCUT2D eigenvalue weighted by Gasteiger charge is 2.14. The number of rotatable bonds is 3. The topological polar surface area (TPSA) is 53.4 Å². The van der Waals surface area contributed by atoms with Crippen LogP contribution in [0.2, 0.25) is 0 Å². The minimum atomic E-state index is -0.0775.